The third kappa shape index (κ3) is 2.22. The van der Waals surface area contributed by atoms with Crippen LogP contribution in [0, 0.1) is 5.92 Å². The molecule has 0 amide bonds. The largest absolute Gasteiger partial charge is 0.467 e. The zero-order chi connectivity index (χ0) is 10.6. The summed E-state index contributed by atoms with van der Waals surface area (Å²) in [6.45, 7) is 4.27. The Morgan fingerprint density at radius 3 is 2.50 bits per heavy atom. The highest BCUT2D eigenvalue weighted by atomic mass is 32.2. The van der Waals surface area contributed by atoms with E-state index in [-0.39, 0.29) is 10.0 Å². The van der Waals surface area contributed by atoms with Gasteiger partial charge in [-0.15, -0.1) is 23.5 Å². The summed E-state index contributed by atoms with van der Waals surface area (Å²) in [6, 6.07) is 0. The molecule has 0 radical (unpaired) electrons. The molecule has 1 atom stereocenters. The van der Waals surface area contributed by atoms with E-state index in [0.29, 0.717) is 5.92 Å². The minimum Gasteiger partial charge on any atom is -0.467 e. The first-order valence-electron chi connectivity index (χ1n) is 5.03. The lowest BCUT2D eigenvalue weighted by Crippen LogP contribution is -2.41. The van der Waals surface area contributed by atoms with Crippen LogP contribution >= 0.6 is 23.5 Å². The number of carbonyl (C=O) groups excluding carboxylic acids is 1. The van der Waals surface area contributed by atoms with E-state index in [0.717, 1.165) is 17.9 Å². The van der Waals surface area contributed by atoms with Gasteiger partial charge in [0.1, 0.15) is 0 Å². The van der Waals surface area contributed by atoms with E-state index in [2.05, 4.69) is 13.8 Å². The molecule has 0 aromatic carbocycles. The topological polar surface area (TPSA) is 26.3 Å². The van der Waals surface area contributed by atoms with Crippen molar-refractivity contribution in [3.05, 3.63) is 0 Å². The summed E-state index contributed by atoms with van der Waals surface area (Å²) in [6.07, 6.45) is 2.22. The van der Waals surface area contributed by atoms with Crippen LogP contribution in [-0.2, 0) is 9.53 Å². The molecule has 0 unspecified atom stereocenters. The summed E-state index contributed by atoms with van der Waals surface area (Å²) >= 11 is 3.53. The Kier molecular flexibility index (Phi) is 4.64. The number of hydrogen-bond acceptors (Lipinski definition) is 4. The van der Waals surface area contributed by atoms with Gasteiger partial charge in [0.25, 0.3) is 0 Å². The number of rotatable bonds is 3. The molecule has 0 aliphatic carbocycles. The number of thioether (sulfide) groups is 2. The SMILES string of the molecule is CC[C@H](C)C1(C(=O)OC)SCCCS1. The van der Waals surface area contributed by atoms with Gasteiger partial charge in [-0.2, -0.15) is 0 Å². The van der Waals surface area contributed by atoms with Gasteiger partial charge < -0.3 is 4.74 Å². The van der Waals surface area contributed by atoms with Crippen molar-refractivity contribution in [3.63, 3.8) is 0 Å². The average molecular weight is 234 g/mol. The van der Waals surface area contributed by atoms with Crippen molar-refractivity contribution >= 4 is 29.5 Å². The molecular weight excluding hydrogens is 216 g/mol. The Balaban J connectivity index is 2.82. The Bertz CT molecular complexity index is 200. The van der Waals surface area contributed by atoms with Crippen LogP contribution in [0.15, 0.2) is 0 Å². The number of hydrogen-bond donors (Lipinski definition) is 0. The number of methoxy groups -OCH3 is 1. The maximum Gasteiger partial charge on any atom is 0.332 e. The van der Waals surface area contributed by atoms with E-state index in [1.165, 1.54) is 13.5 Å². The molecule has 2 nitrogen and oxygen atoms in total. The fraction of sp³-hybridized carbons (Fsp3) is 0.900. The third-order valence-corrected chi connectivity index (χ3v) is 6.34. The fourth-order valence-electron chi connectivity index (χ4n) is 1.56. The maximum atomic E-state index is 11.8. The average Bonchev–Trinajstić information content (AvgIpc) is 2.27. The molecule has 0 N–H and O–H groups in total. The summed E-state index contributed by atoms with van der Waals surface area (Å²) in [5.74, 6) is 2.48. The molecule has 1 saturated heterocycles. The van der Waals surface area contributed by atoms with E-state index < -0.39 is 0 Å². The van der Waals surface area contributed by atoms with Crippen LogP contribution in [0.5, 0.6) is 0 Å². The van der Waals surface area contributed by atoms with Crippen LogP contribution in [-0.4, -0.2) is 28.7 Å². The minimum absolute atomic E-state index is 0.0541. The van der Waals surface area contributed by atoms with Gasteiger partial charge in [0.15, 0.2) is 4.08 Å². The van der Waals surface area contributed by atoms with Gasteiger partial charge in [-0.05, 0) is 23.8 Å². The highest BCUT2D eigenvalue weighted by molar-refractivity contribution is 8.19. The quantitative estimate of drug-likeness (QED) is 0.701. The van der Waals surface area contributed by atoms with Gasteiger partial charge in [-0.1, -0.05) is 20.3 Å². The standard InChI is InChI=1S/C10H18O2S2/c1-4-8(2)10(9(11)12-3)13-6-5-7-14-10/h8H,4-7H2,1-3H3/t8-/m0/s1. The van der Waals surface area contributed by atoms with Crippen molar-refractivity contribution in [2.24, 2.45) is 5.92 Å². The summed E-state index contributed by atoms with van der Waals surface area (Å²) in [5, 5.41) is 0. The molecule has 1 aliphatic heterocycles. The summed E-state index contributed by atoms with van der Waals surface area (Å²) in [7, 11) is 1.49. The molecule has 0 aromatic heterocycles. The summed E-state index contributed by atoms with van der Waals surface area (Å²) in [4.78, 5) is 11.8. The Morgan fingerprint density at radius 2 is 2.07 bits per heavy atom. The second kappa shape index (κ2) is 5.31. The van der Waals surface area contributed by atoms with Crippen molar-refractivity contribution in [2.45, 2.75) is 30.8 Å². The van der Waals surface area contributed by atoms with Gasteiger partial charge in [0.2, 0.25) is 0 Å². The van der Waals surface area contributed by atoms with Crippen LogP contribution in [0.3, 0.4) is 0 Å². The molecule has 4 heteroatoms. The van der Waals surface area contributed by atoms with E-state index in [4.69, 9.17) is 4.74 Å². The van der Waals surface area contributed by atoms with E-state index >= 15 is 0 Å². The number of ether oxygens (including phenoxy) is 1. The smallest absolute Gasteiger partial charge is 0.332 e. The third-order valence-electron chi connectivity index (χ3n) is 2.65. The second-order valence-electron chi connectivity index (χ2n) is 3.52. The molecule has 1 aliphatic rings. The zero-order valence-electron chi connectivity index (χ0n) is 9.04. The number of esters is 1. The Hall–Kier alpha value is 0.170. The number of carbonyl (C=O) groups is 1. The van der Waals surface area contributed by atoms with E-state index in [1.807, 2.05) is 0 Å². The lowest BCUT2D eigenvalue weighted by molar-refractivity contribution is -0.142. The fourth-order valence-corrected chi connectivity index (χ4v) is 5.07. The predicted octanol–water partition coefficient (Wildman–Crippen LogP) is 2.77. The van der Waals surface area contributed by atoms with Crippen molar-refractivity contribution in [1.82, 2.24) is 0 Å². The second-order valence-corrected chi connectivity index (χ2v) is 6.46. The molecule has 1 rings (SSSR count). The molecule has 0 saturated carbocycles. The first kappa shape index (κ1) is 12.2. The molecule has 1 heterocycles. The van der Waals surface area contributed by atoms with Crippen LogP contribution in [0.1, 0.15) is 26.7 Å². The van der Waals surface area contributed by atoms with Crippen molar-refractivity contribution in [3.8, 4) is 0 Å². The molecular formula is C10H18O2S2. The zero-order valence-corrected chi connectivity index (χ0v) is 10.7. The van der Waals surface area contributed by atoms with Gasteiger partial charge in [0, 0.05) is 0 Å². The van der Waals surface area contributed by atoms with Crippen molar-refractivity contribution in [1.29, 1.82) is 0 Å². The Labute approximate surface area is 94.5 Å². The summed E-state index contributed by atoms with van der Waals surface area (Å²) in [5.41, 5.74) is 0. The molecule has 1 fully saturated rings. The van der Waals surface area contributed by atoms with E-state index in [9.17, 15) is 4.79 Å². The predicted molar refractivity (Wildman–Crippen MR) is 63.7 cm³/mol. The van der Waals surface area contributed by atoms with Gasteiger partial charge >= 0.3 is 5.97 Å². The lowest BCUT2D eigenvalue weighted by atomic mass is 10.0. The minimum atomic E-state index is -0.332. The molecule has 0 aromatic rings. The normalized spacial score (nSPS) is 22.8. The van der Waals surface area contributed by atoms with Crippen LogP contribution in [0.2, 0.25) is 0 Å². The van der Waals surface area contributed by atoms with Crippen molar-refractivity contribution in [2.75, 3.05) is 18.6 Å². The molecule has 82 valence electrons. The van der Waals surface area contributed by atoms with Gasteiger partial charge in [-0.3, -0.25) is 0 Å². The first-order valence-corrected chi connectivity index (χ1v) is 7.00. The Morgan fingerprint density at radius 1 is 1.50 bits per heavy atom. The summed E-state index contributed by atoms with van der Waals surface area (Å²) < 4.78 is 4.60. The first-order chi connectivity index (χ1) is 6.67. The highest BCUT2D eigenvalue weighted by Gasteiger charge is 2.46. The maximum absolute atomic E-state index is 11.8. The molecule has 14 heavy (non-hydrogen) atoms. The van der Waals surface area contributed by atoms with Crippen LogP contribution < -0.4 is 0 Å². The van der Waals surface area contributed by atoms with Gasteiger partial charge in [0.05, 0.1) is 7.11 Å². The molecule has 0 bridgehead atoms. The monoisotopic (exact) mass is 234 g/mol. The van der Waals surface area contributed by atoms with Crippen molar-refractivity contribution < 1.29 is 9.53 Å². The molecule has 0 spiro atoms. The van der Waals surface area contributed by atoms with Gasteiger partial charge in [-0.25, -0.2) is 4.79 Å². The highest BCUT2D eigenvalue weighted by Crippen LogP contribution is 2.49. The van der Waals surface area contributed by atoms with E-state index in [1.54, 1.807) is 23.5 Å². The van der Waals surface area contributed by atoms with Crippen LogP contribution in [0.4, 0.5) is 0 Å². The lowest BCUT2D eigenvalue weighted by Gasteiger charge is -2.37. The van der Waals surface area contributed by atoms with Crippen LogP contribution in [0.25, 0.3) is 0 Å².